The summed E-state index contributed by atoms with van der Waals surface area (Å²) in [4.78, 5) is -0.244. The first kappa shape index (κ1) is 12.3. The van der Waals surface area contributed by atoms with Crippen LogP contribution in [-0.2, 0) is 10.0 Å². The van der Waals surface area contributed by atoms with Gasteiger partial charge in [0.2, 0.25) is 10.0 Å². The third-order valence-electron chi connectivity index (χ3n) is 2.76. The molecule has 1 aliphatic rings. The van der Waals surface area contributed by atoms with Crippen LogP contribution in [0.5, 0.6) is 0 Å². The molecule has 0 radical (unpaired) electrons. The van der Waals surface area contributed by atoms with E-state index in [1.54, 1.807) is 0 Å². The van der Waals surface area contributed by atoms with Gasteiger partial charge in [0.05, 0.1) is 11.8 Å². The number of sulfonamides is 1. The minimum absolute atomic E-state index is 0.0261. The van der Waals surface area contributed by atoms with Crippen LogP contribution in [0.2, 0.25) is 0 Å². The number of β-amino-alcohol motifs (C(OH)–C–C–N with tert-alkyl or cyclic N) is 1. The van der Waals surface area contributed by atoms with E-state index in [9.17, 15) is 17.9 Å². The summed E-state index contributed by atoms with van der Waals surface area (Å²) in [5.41, 5.74) is 5.05. The van der Waals surface area contributed by atoms with Crippen LogP contribution >= 0.6 is 0 Å². The van der Waals surface area contributed by atoms with Gasteiger partial charge in [-0.3, -0.25) is 0 Å². The van der Waals surface area contributed by atoms with E-state index in [4.69, 9.17) is 5.73 Å². The molecule has 2 rings (SSSR count). The Morgan fingerprint density at radius 1 is 1.47 bits per heavy atom. The Labute approximate surface area is 98.7 Å². The zero-order valence-corrected chi connectivity index (χ0v) is 9.82. The second-order valence-electron chi connectivity index (χ2n) is 3.96. The van der Waals surface area contributed by atoms with E-state index in [-0.39, 0.29) is 23.7 Å². The summed E-state index contributed by atoms with van der Waals surface area (Å²) in [5, 5.41) is 9.32. The summed E-state index contributed by atoms with van der Waals surface area (Å²) in [6.07, 6.45) is -0.284. The summed E-state index contributed by atoms with van der Waals surface area (Å²) >= 11 is 0. The molecule has 0 aromatic heterocycles. The fourth-order valence-corrected chi connectivity index (χ4v) is 3.43. The molecular formula is C10H13FN2O3S. The fourth-order valence-electron chi connectivity index (χ4n) is 1.81. The molecule has 0 unspecified atom stereocenters. The fraction of sp³-hybridized carbons (Fsp3) is 0.400. The van der Waals surface area contributed by atoms with Gasteiger partial charge < -0.3 is 10.8 Å². The molecule has 1 aliphatic heterocycles. The maximum absolute atomic E-state index is 13.2. The minimum Gasteiger partial charge on any atom is -0.395 e. The van der Waals surface area contributed by atoms with Gasteiger partial charge in [0.1, 0.15) is 10.7 Å². The van der Waals surface area contributed by atoms with Crippen LogP contribution in [0.3, 0.4) is 0 Å². The average molecular weight is 260 g/mol. The zero-order chi connectivity index (χ0) is 12.6. The Morgan fingerprint density at radius 3 is 2.76 bits per heavy atom. The lowest BCUT2D eigenvalue weighted by Gasteiger charge is -2.17. The van der Waals surface area contributed by atoms with Gasteiger partial charge in [0.15, 0.2) is 0 Å². The quantitative estimate of drug-likeness (QED) is 0.742. The molecule has 0 saturated carbocycles. The maximum atomic E-state index is 13.2. The number of benzene rings is 1. The van der Waals surface area contributed by atoms with E-state index in [2.05, 4.69) is 0 Å². The standard InChI is InChI=1S/C10H13FN2O3S/c11-8-2-1-3-9(10(8)12)17(15,16)13-5-4-7(14)6-13/h1-3,7,14H,4-6,12H2/t7-/m1/s1. The first-order valence-corrected chi connectivity index (χ1v) is 6.59. The van der Waals surface area contributed by atoms with Crippen molar-refractivity contribution in [1.82, 2.24) is 4.31 Å². The summed E-state index contributed by atoms with van der Waals surface area (Å²) in [7, 11) is -3.82. The van der Waals surface area contributed by atoms with Crippen molar-refractivity contribution in [2.45, 2.75) is 17.4 Å². The number of hydrogen-bond acceptors (Lipinski definition) is 4. The van der Waals surface area contributed by atoms with Crippen molar-refractivity contribution in [1.29, 1.82) is 0 Å². The lowest BCUT2D eigenvalue weighted by Crippen LogP contribution is -2.30. The van der Waals surface area contributed by atoms with E-state index in [0.29, 0.717) is 6.42 Å². The van der Waals surface area contributed by atoms with Crippen molar-refractivity contribution in [2.24, 2.45) is 0 Å². The highest BCUT2D eigenvalue weighted by Crippen LogP contribution is 2.26. The summed E-state index contributed by atoms with van der Waals surface area (Å²) < 4.78 is 38.6. The molecule has 1 aromatic carbocycles. The van der Waals surface area contributed by atoms with E-state index < -0.39 is 21.9 Å². The van der Waals surface area contributed by atoms with Gasteiger partial charge in [-0.05, 0) is 18.6 Å². The van der Waals surface area contributed by atoms with E-state index in [0.717, 1.165) is 10.4 Å². The van der Waals surface area contributed by atoms with Crippen LogP contribution in [0, 0.1) is 5.82 Å². The molecule has 94 valence electrons. The van der Waals surface area contributed by atoms with Crippen LogP contribution in [0.1, 0.15) is 6.42 Å². The van der Waals surface area contributed by atoms with Crippen LogP contribution in [0.25, 0.3) is 0 Å². The molecule has 1 saturated heterocycles. The number of nitrogens with two attached hydrogens (primary N) is 1. The largest absolute Gasteiger partial charge is 0.395 e. The Bertz CT molecular complexity index is 532. The van der Waals surface area contributed by atoms with Crippen LogP contribution in [-0.4, -0.2) is 37.0 Å². The van der Waals surface area contributed by atoms with Crippen molar-refractivity contribution in [3.63, 3.8) is 0 Å². The molecule has 1 atom stereocenters. The van der Waals surface area contributed by atoms with Crippen molar-refractivity contribution in [2.75, 3.05) is 18.8 Å². The van der Waals surface area contributed by atoms with Crippen LogP contribution in [0.15, 0.2) is 23.1 Å². The Morgan fingerprint density at radius 2 is 2.18 bits per heavy atom. The summed E-state index contributed by atoms with van der Waals surface area (Å²) in [5.74, 6) is -0.758. The van der Waals surface area contributed by atoms with Crippen LogP contribution < -0.4 is 5.73 Å². The van der Waals surface area contributed by atoms with Gasteiger partial charge in [-0.15, -0.1) is 0 Å². The number of nitrogens with zero attached hydrogens (tertiary/aromatic N) is 1. The number of para-hydroxylation sites is 1. The molecule has 1 heterocycles. The number of anilines is 1. The molecule has 0 amide bonds. The number of aliphatic hydroxyl groups is 1. The highest BCUT2D eigenvalue weighted by atomic mass is 32.2. The maximum Gasteiger partial charge on any atom is 0.245 e. The highest BCUT2D eigenvalue weighted by molar-refractivity contribution is 7.89. The number of halogens is 1. The normalized spacial score (nSPS) is 21.9. The minimum atomic E-state index is -3.82. The first-order chi connectivity index (χ1) is 7.93. The average Bonchev–Trinajstić information content (AvgIpc) is 2.69. The van der Waals surface area contributed by atoms with Crippen molar-refractivity contribution >= 4 is 15.7 Å². The number of hydrogen-bond donors (Lipinski definition) is 2. The Hall–Kier alpha value is -1.18. The molecule has 1 fully saturated rings. The molecule has 5 nitrogen and oxygen atoms in total. The van der Waals surface area contributed by atoms with Gasteiger partial charge in [0.25, 0.3) is 0 Å². The topological polar surface area (TPSA) is 83.6 Å². The van der Waals surface area contributed by atoms with E-state index in [1.807, 2.05) is 0 Å². The lowest BCUT2D eigenvalue weighted by molar-refractivity contribution is 0.189. The Kier molecular flexibility index (Phi) is 3.07. The predicted molar refractivity (Wildman–Crippen MR) is 60.2 cm³/mol. The van der Waals surface area contributed by atoms with E-state index in [1.165, 1.54) is 12.1 Å². The zero-order valence-electron chi connectivity index (χ0n) is 9.01. The van der Waals surface area contributed by atoms with E-state index >= 15 is 0 Å². The third kappa shape index (κ3) is 2.13. The SMILES string of the molecule is Nc1c(F)cccc1S(=O)(=O)N1CC[C@@H](O)C1. The van der Waals surface area contributed by atoms with Crippen molar-refractivity contribution in [3.8, 4) is 0 Å². The number of rotatable bonds is 2. The molecule has 0 aliphatic carbocycles. The molecule has 0 bridgehead atoms. The van der Waals surface area contributed by atoms with Crippen molar-refractivity contribution < 1.29 is 17.9 Å². The second kappa shape index (κ2) is 4.25. The third-order valence-corrected chi connectivity index (χ3v) is 4.68. The highest BCUT2D eigenvalue weighted by Gasteiger charge is 2.33. The second-order valence-corrected chi connectivity index (χ2v) is 5.86. The Balaban J connectivity index is 2.42. The monoisotopic (exact) mass is 260 g/mol. The molecule has 7 heteroatoms. The molecular weight excluding hydrogens is 247 g/mol. The van der Waals surface area contributed by atoms with Gasteiger partial charge >= 0.3 is 0 Å². The van der Waals surface area contributed by atoms with Crippen LogP contribution in [0.4, 0.5) is 10.1 Å². The lowest BCUT2D eigenvalue weighted by atomic mass is 10.3. The van der Waals surface area contributed by atoms with Gasteiger partial charge in [0, 0.05) is 13.1 Å². The van der Waals surface area contributed by atoms with Gasteiger partial charge in [-0.2, -0.15) is 4.31 Å². The summed E-state index contributed by atoms with van der Waals surface area (Å²) in [6.45, 7) is 0.248. The molecule has 0 spiro atoms. The molecule has 3 N–H and O–H groups in total. The predicted octanol–water partition coefficient (Wildman–Crippen LogP) is 0.163. The van der Waals surface area contributed by atoms with Gasteiger partial charge in [-0.25, -0.2) is 12.8 Å². The summed E-state index contributed by atoms with van der Waals surface area (Å²) in [6, 6.07) is 3.66. The number of aliphatic hydroxyl groups excluding tert-OH is 1. The smallest absolute Gasteiger partial charge is 0.245 e. The van der Waals surface area contributed by atoms with Gasteiger partial charge in [-0.1, -0.05) is 6.07 Å². The van der Waals surface area contributed by atoms with Crippen molar-refractivity contribution in [3.05, 3.63) is 24.0 Å². The first-order valence-electron chi connectivity index (χ1n) is 5.15. The molecule has 17 heavy (non-hydrogen) atoms. The number of nitrogen functional groups attached to an aromatic ring is 1. The molecule has 1 aromatic rings.